The highest BCUT2D eigenvalue weighted by Crippen LogP contribution is 2.15. The van der Waals surface area contributed by atoms with Crippen molar-refractivity contribution in [3.8, 4) is 0 Å². The van der Waals surface area contributed by atoms with Crippen molar-refractivity contribution in [1.29, 1.82) is 0 Å². The van der Waals surface area contributed by atoms with Crippen molar-refractivity contribution < 1.29 is 4.74 Å². The van der Waals surface area contributed by atoms with Gasteiger partial charge >= 0.3 is 0 Å². The first-order chi connectivity index (χ1) is 4.36. The second kappa shape index (κ2) is 3.02. The third kappa shape index (κ3) is 1.55. The van der Waals surface area contributed by atoms with Gasteiger partial charge in [-0.1, -0.05) is 26.0 Å². The molecule has 0 N–H and O–H groups in total. The molecule has 9 heavy (non-hydrogen) atoms. The van der Waals surface area contributed by atoms with Crippen LogP contribution in [0.25, 0.3) is 0 Å². The van der Waals surface area contributed by atoms with Gasteiger partial charge in [0.15, 0.2) is 0 Å². The van der Waals surface area contributed by atoms with Crippen LogP contribution in [0.15, 0.2) is 12.2 Å². The molecule has 1 rings (SSSR count). The summed E-state index contributed by atoms with van der Waals surface area (Å²) in [4.78, 5) is 0. The summed E-state index contributed by atoms with van der Waals surface area (Å²) in [7, 11) is 0. The van der Waals surface area contributed by atoms with Gasteiger partial charge in [-0.25, -0.2) is 0 Å². The average Bonchev–Trinajstić information content (AvgIpc) is 2.34. The predicted octanol–water partition coefficient (Wildman–Crippen LogP) is 2.13. The molecule has 0 aromatic rings. The van der Waals surface area contributed by atoms with Crippen LogP contribution in [0.3, 0.4) is 0 Å². The third-order valence-electron chi connectivity index (χ3n) is 1.69. The van der Waals surface area contributed by atoms with E-state index in [1.165, 1.54) is 0 Å². The molecule has 1 aliphatic rings. The molecule has 1 heterocycles. The number of hydrogen-bond acceptors (Lipinski definition) is 1. The van der Waals surface area contributed by atoms with Gasteiger partial charge in [0.25, 0.3) is 0 Å². The SMILES string of the molecule is CCC1C=CC(CC)O1. The maximum absolute atomic E-state index is 5.55. The monoisotopic (exact) mass is 126 g/mol. The summed E-state index contributed by atoms with van der Waals surface area (Å²) in [6, 6.07) is 0. The Morgan fingerprint density at radius 2 is 1.56 bits per heavy atom. The zero-order chi connectivity index (χ0) is 6.69. The molecule has 0 aromatic carbocycles. The summed E-state index contributed by atoms with van der Waals surface area (Å²) in [5, 5.41) is 0. The normalized spacial score (nSPS) is 33.6. The highest BCUT2D eigenvalue weighted by molar-refractivity contribution is 5.00. The van der Waals surface area contributed by atoms with E-state index in [1.807, 2.05) is 0 Å². The van der Waals surface area contributed by atoms with Gasteiger partial charge in [0, 0.05) is 0 Å². The van der Waals surface area contributed by atoms with Gasteiger partial charge < -0.3 is 4.74 Å². The van der Waals surface area contributed by atoms with E-state index in [9.17, 15) is 0 Å². The maximum atomic E-state index is 5.55. The van der Waals surface area contributed by atoms with Crippen LogP contribution in [0.5, 0.6) is 0 Å². The van der Waals surface area contributed by atoms with Crippen molar-refractivity contribution in [1.82, 2.24) is 0 Å². The van der Waals surface area contributed by atoms with Gasteiger partial charge in [0.1, 0.15) is 0 Å². The molecule has 0 aromatic heterocycles. The van der Waals surface area contributed by atoms with Crippen LogP contribution in [0, 0.1) is 0 Å². The Kier molecular flexibility index (Phi) is 2.29. The Hall–Kier alpha value is -0.300. The molecule has 52 valence electrons. The van der Waals surface area contributed by atoms with Crippen LogP contribution in [-0.4, -0.2) is 12.2 Å². The van der Waals surface area contributed by atoms with Crippen molar-refractivity contribution >= 4 is 0 Å². The van der Waals surface area contributed by atoms with E-state index in [-0.39, 0.29) is 0 Å². The minimum absolute atomic E-state index is 0.398. The number of ether oxygens (including phenoxy) is 1. The molecular formula is C8H14O. The first-order valence-corrected chi connectivity index (χ1v) is 3.70. The summed E-state index contributed by atoms with van der Waals surface area (Å²) in [5.74, 6) is 0. The molecule has 1 heteroatoms. The zero-order valence-electron chi connectivity index (χ0n) is 6.13. The molecule has 2 atom stereocenters. The highest BCUT2D eigenvalue weighted by Gasteiger charge is 2.14. The lowest BCUT2D eigenvalue weighted by molar-refractivity contribution is 0.0570. The average molecular weight is 126 g/mol. The summed E-state index contributed by atoms with van der Waals surface area (Å²) >= 11 is 0. The molecule has 1 nitrogen and oxygen atoms in total. The molecule has 2 unspecified atom stereocenters. The van der Waals surface area contributed by atoms with Crippen molar-refractivity contribution in [3.05, 3.63) is 12.2 Å². The fourth-order valence-corrected chi connectivity index (χ4v) is 1.03. The van der Waals surface area contributed by atoms with Crippen molar-refractivity contribution in [3.63, 3.8) is 0 Å². The first-order valence-electron chi connectivity index (χ1n) is 3.70. The van der Waals surface area contributed by atoms with Gasteiger partial charge in [0.2, 0.25) is 0 Å². The zero-order valence-corrected chi connectivity index (χ0v) is 6.13. The lowest BCUT2D eigenvalue weighted by Crippen LogP contribution is -2.09. The Labute approximate surface area is 56.7 Å². The van der Waals surface area contributed by atoms with Crippen LogP contribution in [0.2, 0.25) is 0 Å². The Bertz CT molecular complexity index is 95.1. The van der Waals surface area contributed by atoms with E-state index >= 15 is 0 Å². The Morgan fingerprint density at radius 1 is 1.11 bits per heavy atom. The van der Waals surface area contributed by atoms with E-state index in [4.69, 9.17) is 4.74 Å². The van der Waals surface area contributed by atoms with Crippen molar-refractivity contribution in [2.24, 2.45) is 0 Å². The van der Waals surface area contributed by atoms with Crippen molar-refractivity contribution in [2.75, 3.05) is 0 Å². The molecule has 0 saturated heterocycles. The molecule has 0 bridgehead atoms. The maximum Gasteiger partial charge on any atom is 0.0762 e. The van der Waals surface area contributed by atoms with E-state index in [2.05, 4.69) is 26.0 Å². The number of hydrogen-bond donors (Lipinski definition) is 0. The quantitative estimate of drug-likeness (QED) is 0.515. The van der Waals surface area contributed by atoms with E-state index < -0.39 is 0 Å². The van der Waals surface area contributed by atoms with Gasteiger partial charge in [-0.3, -0.25) is 0 Å². The largest absolute Gasteiger partial charge is 0.367 e. The van der Waals surface area contributed by atoms with Gasteiger partial charge in [-0.15, -0.1) is 0 Å². The molecule has 1 aliphatic heterocycles. The van der Waals surface area contributed by atoms with Gasteiger partial charge in [-0.2, -0.15) is 0 Å². The summed E-state index contributed by atoms with van der Waals surface area (Å²) in [5.41, 5.74) is 0. The second-order valence-corrected chi connectivity index (χ2v) is 2.41. The molecule has 0 spiro atoms. The van der Waals surface area contributed by atoms with Crippen LogP contribution in [0.4, 0.5) is 0 Å². The highest BCUT2D eigenvalue weighted by atomic mass is 16.5. The topological polar surface area (TPSA) is 9.23 Å². The van der Waals surface area contributed by atoms with Crippen LogP contribution in [0.1, 0.15) is 26.7 Å². The molecule has 0 amide bonds. The minimum Gasteiger partial charge on any atom is -0.367 e. The molecule has 0 saturated carbocycles. The number of rotatable bonds is 2. The summed E-state index contributed by atoms with van der Waals surface area (Å²) in [6.07, 6.45) is 7.33. The van der Waals surface area contributed by atoms with E-state index in [1.54, 1.807) is 0 Å². The van der Waals surface area contributed by atoms with E-state index in [0.29, 0.717) is 12.2 Å². The molecular weight excluding hydrogens is 112 g/mol. The van der Waals surface area contributed by atoms with Crippen LogP contribution < -0.4 is 0 Å². The molecule has 0 radical (unpaired) electrons. The van der Waals surface area contributed by atoms with Crippen LogP contribution >= 0.6 is 0 Å². The van der Waals surface area contributed by atoms with Gasteiger partial charge in [0.05, 0.1) is 12.2 Å². The lowest BCUT2D eigenvalue weighted by atomic mass is 10.2. The fraction of sp³-hybridized carbons (Fsp3) is 0.750. The molecule has 0 aliphatic carbocycles. The van der Waals surface area contributed by atoms with E-state index in [0.717, 1.165) is 12.8 Å². The fourth-order valence-electron chi connectivity index (χ4n) is 1.03. The lowest BCUT2D eigenvalue weighted by Gasteiger charge is -2.09. The smallest absolute Gasteiger partial charge is 0.0762 e. The Morgan fingerprint density at radius 3 is 1.78 bits per heavy atom. The summed E-state index contributed by atoms with van der Waals surface area (Å²) < 4.78 is 5.55. The Balaban J connectivity index is 2.31. The first kappa shape index (κ1) is 6.81. The van der Waals surface area contributed by atoms with Crippen LogP contribution in [-0.2, 0) is 4.74 Å². The second-order valence-electron chi connectivity index (χ2n) is 2.41. The molecule has 0 fully saturated rings. The van der Waals surface area contributed by atoms with Gasteiger partial charge in [-0.05, 0) is 12.8 Å². The minimum atomic E-state index is 0.398. The standard InChI is InChI=1S/C8H14O/c1-3-7-5-6-8(4-2)9-7/h5-8H,3-4H2,1-2H3. The summed E-state index contributed by atoms with van der Waals surface area (Å²) in [6.45, 7) is 4.29. The van der Waals surface area contributed by atoms with Crippen molar-refractivity contribution in [2.45, 2.75) is 38.9 Å². The predicted molar refractivity (Wildman–Crippen MR) is 38.4 cm³/mol. The third-order valence-corrected chi connectivity index (χ3v) is 1.69.